The van der Waals surface area contributed by atoms with Crippen molar-refractivity contribution >= 4 is 15.9 Å². The van der Waals surface area contributed by atoms with Crippen LogP contribution >= 0.6 is 0 Å². The van der Waals surface area contributed by atoms with Crippen molar-refractivity contribution in [3.63, 3.8) is 0 Å². The molecule has 0 N–H and O–H groups in total. The molecule has 148 valence electrons. The van der Waals surface area contributed by atoms with Crippen LogP contribution in [0.15, 0.2) is 59.5 Å². The SMILES string of the molecule is COc1ccc(S(=O)(=O)N2CCN(C(=O)C3(c4ccccc4)CC3)CC2)cc1. The molecule has 28 heavy (non-hydrogen) atoms. The van der Waals surface area contributed by atoms with Gasteiger partial charge in [0.25, 0.3) is 0 Å². The number of amides is 1. The van der Waals surface area contributed by atoms with Gasteiger partial charge in [0.05, 0.1) is 17.4 Å². The first-order chi connectivity index (χ1) is 13.5. The van der Waals surface area contributed by atoms with Crippen LogP contribution in [-0.2, 0) is 20.2 Å². The Balaban J connectivity index is 1.44. The highest BCUT2D eigenvalue weighted by Gasteiger charge is 2.53. The van der Waals surface area contributed by atoms with Crippen LogP contribution in [0.5, 0.6) is 5.75 Å². The molecule has 6 nitrogen and oxygen atoms in total. The van der Waals surface area contributed by atoms with E-state index in [2.05, 4.69) is 0 Å². The Morgan fingerprint density at radius 1 is 0.929 bits per heavy atom. The Kier molecular flexibility index (Phi) is 4.89. The van der Waals surface area contributed by atoms with Crippen molar-refractivity contribution in [1.29, 1.82) is 0 Å². The zero-order chi connectivity index (χ0) is 19.8. The molecule has 2 aromatic rings. The third-order valence-corrected chi connectivity index (χ3v) is 7.62. The summed E-state index contributed by atoms with van der Waals surface area (Å²) in [6, 6.07) is 16.3. The first kappa shape index (κ1) is 19.0. The number of ether oxygens (including phenoxy) is 1. The van der Waals surface area contributed by atoms with E-state index in [0.29, 0.717) is 31.9 Å². The lowest BCUT2D eigenvalue weighted by Crippen LogP contribution is -2.52. The van der Waals surface area contributed by atoms with E-state index in [9.17, 15) is 13.2 Å². The minimum atomic E-state index is -3.57. The van der Waals surface area contributed by atoms with Gasteiger partial charge in [0.15, 0.2) is 0 Å². The molecule has 0 unspecified atom stereocenters. The van der Waals surface area contributed by atoms with E-state index in [1.807, 2.05) is 35.2 Å². The predicted molar refractivity (Wildman–Crippen MR) is 106 cm³/mol. The molecule has 2 fully saturated rings. The summed E-state index contributed by atoms with van der Waals surface area (Å²) in [5.74, 6) is 0.741. The van der Waals surface area contributed by atoms with Crippen molar-refractivity contribution in [3.8, 4) is 5.75 Å². The van der Waals surface area contributed by atoms with Crippen molar-refractivity contribution in [2.45, 2.75) is 23.2 Å². The molecular weight excluding hydrogens is 376 g/mol. The Hall–Kier alpha value is -2.38. The van der Waals surface area contributed by atoms with Gasteiger partial charge in [0.2, 0.25) is 15.9 Å². The molecule has 2 aromatic carbocycles. The molecule has 1 aliphatic heterocycles. The molecule has 1 saturated heterocycles. The zero-order valence-corrected chi connectivity index (χ0v) is 16.7. The van der Waals surface area contributed by atoms with Crippen molar-refractivity contribution < 1.29 is 17.9 Å². The van der Waals surface area contributed by atoms with Crippen LogP contribution in [0.1, 0.15) is 18.4 Å². The van der Waals surface area contributed by atoms with Crippen LogP contribution in [0.25, 0.3) is 0 Å². The summed E-state index contributed by atoms with van der Waals surface area (Å²) in [6.07, 6.45) is 1.72. The Morgan fingerprint density at radius 3 is 2.07 bits per heavy atom. The average Bonchev–Trinajstić information content (AvgIpc) is 3.56. The van der Waals surface area contributed by atoms with Gasteiger partial charge in [-0.05, 0) is 42.7 Å². The number of rotatable bonds is 5. The van der Waals surface area contributed by atoms with Crippen LogP contribution in [0.4, 0.5) is 0 Å². The van der Waals surface area contributed by atoms with Gasteiger partial charge in [-0.3, -0.25) is 4.79 Å². The quantitative estimate of drug-likeness (QED) is 0.772. The van der Waals surface area contributed by atoms with Crippen molar-refractivity contribution in [1.82, 2.24) is 9.21 Å². The largest absolute Gasteiger partial charge is 0.497 e. The fourth-order valence-electron chi connectivity index (χ4n) is 3.84. The maximum absolute atomic E-state index is 13.1. The number of piperazine rings is 1. The third-order valence-electron chi connectivity index (χ3n) is 5.71. The minimum Gasteiger partial charge on any atom is -0.497 e. The molecule has 1 aliphatic carbocycles. The van der Waals surface area contributed by atoms with Gasteiger partial charge in [0.1, 0.15) is 5.75 Å². The fourth-order valence-corrected chi connectivity index (χ4v) is 5.26. The summed E-state index contributed by atoms with van der Waals surface area (Å²) in [6.45, 7) is 1.46. The number of carbonyl (C=O) groups excluding carboxylic acids is 1. The van der Waals surface area contributed by atoms with Gasteiger partial charge >= 0.3 is 0 Å². The average molecular weight is 401 g/mol. The van der Waals surface area contributed by atoms with E-state index < -0.39 is 15.4 Å². The van der Waals surface area contributed by atoms with Gasteiger partial charge in [0, 0.05) is 26.2 Å². The zero-order valence-electron chi connectivity index (χ0n) is 15.9. The Labute approximate surface area is 165 Å². The van der Waals surface area contributed by atoms with Crippen LogP contribution in [-0.4, -0.2) is 56.8 Å². The molecule has 0 spiro atoms. The third kappa shape index (κ3) is 3.29. The van der Waals surface area contributed by atoms with Crippen LogP contribution in [0.3, 0.4) is 0 Å². The molecule has 1 heterocycles. The molecule has 4 rings (SSSR count). The molecule has 2 aliphatic rings. The Morgan fingerprint density at radius 2 is 1.54 bits per heavy atom. The standard InChI is InChI=1S/C21H24N2O4S/c1-27-18-7-9-19(10-8-18)28(25,26)23-15-13-22(14-16-23)20(24)21(11-12-21)17-5-3-2-4-6-17/h2-10H,11-16H2,1H3. The van der Waals surface area contributed by atoms with Crippen molar-refractivity contribution in [3.05, 3.63) is 60.2 Å². The highest BCUT2D eigenvalue weighted by Crippen LogP contribution is 2.49. The number of benzene rings is 2. The van der Waals surface area contributed by atoms with E-state index >= 15 is 0 Å². The highest BCUT2D eigenvalue weighted by atomic mass is 32.2. The first-order valence-electron chi connectivity index (χ1n) is 9.46. The molecule has 0 bridgehead atoms. The minimum absolute atomic E-state index is 0.125. The van der Waals surface area contributed by atoms with E-state index in [0.717, 1.165) is 18.4 Å². The second kappa shape index (κ2) is 7.22. The van der Waals surface area contributed by atoms with E-state index in [4.69, 9.17) is 4.74 Å². The first-order valence-corrected chi connectivity index (χ1v) is 10.9. The van der Waals surface area contributed by atoms with Crippen LogP contribution < -0.4 is 4.74 Å². The van der Waals surface area contributed by atoms with Gasteiger partial charge in [-0.2, -0.15) is 4.31 Å². The lowest BCUT2D eigenvalue weighted by atomic mass is 9.94. The lowest BCUT2D eigenvalue weighted by molar-refractivity contribution is -0.135. The van der Waals surface area contributed by atoms with E-state index in [1.165, 1.54) is 4.31 Å². The summed E-state index contributed by atoms with van der Waals surface area (Å²) in [5.41, 5.74) is 0.659. The maximum Gasteiger partial charge on any atom is 0.243 e. The molecule has 7 heteroatoms. The van der Waals surface area contributed by atoms with Crippen LogP contribution in [0.2, 0.25) is 0 Å². The summed E-state index contributed by atoms with van der Waals surface area (Å²) >= 11 is 0. The van der Waals surface area contributed by atoms with E-state index in [-0.39, 0.29) is 10.8 Å². The number of hydrogen-bond donors (Lipinski definition) is 0. The highest BCUT2D eigenvalue weighted by molar-refractivity contribution is 7.89. The molecule has 0 aromatic heterocycles. The molecule has 1 amide bonds. The number of carbonyl (C=O) groups is 1. The molecule has 0 atom stereocenters. The lowest BCUT2D eigenvalue weighted by Gasteiger charge is -2.36. The Bertz CT molecular complexity index is 946. The molecule has 0 radical (unpaired) electrons. The van der Waals surface area contributed by atoms with Crippen LogP contribution in [0, 0.1) is 0 Å². The second-order valence-electron chi connectivity index (χ2n) is 7.32. The van der Waals surface area contributed by atoms with Gasteiger partial charge in [-0.15, -0.1) is 0 Å². The van der Waals surface area contributed by atoms with Crippen molar-refractivity contribution in [2.75, 3.05) is 33.3 Å². The monoisotopic (exact) mass is 400 g/mol. The smallest absolute Gasteiger partial charge is 0.243 e. The summed E-state index contributed by atoms with van der Waals surface area (Å²) in [4.78, 5) is 15.2. The number of hydrogen-bond acceptors (Lipinski definition) is 4. The topological polar surface area (TPSA) is 66.9 Å². The summed E-state index contributed by atoms with van der Waals surface area (Å²) < 4.78 is 32.3. The van der Waals surface area contributed by atoms with Gasteiger partial charge < -0.3 is 9.64 Å². The maximum atomic E-state index is 13.1. The second-order valence-corrected chi connectivity index (χ2v) is 9.26. The summed E-state index contributed by atoms with van der Waals surface area (Å²) in [5, 5.41) is 0. The van der Waals surface area contributed by atoms with Gasteiger partial charge in [-0.1, -0.05) is 30.3 Å². The molecule has 1 saturated carbocycles. The number of sulfonamides is 1. The predicted octanol–water partition coefficient (Wildman–Crippen LogP) is 2.26. The normalized spacial score (nSPS) is 19.2. The van der Waals surface area contributed by atoms with Gasteiger partial charge in [-0.25, -0.2) is 8.42 Å². The van der Waals surface area contributed by atoms with E-state index in [1.54, 1.807) is 31.4 Å². The number of nitrogens with zero attached hydrogens (tertiary/aromatic N) is 2. The summed E-state index contributed by atoms with van der Waals surface area (Å²) in [7, 11) is -2.02. The fraction of sp³-hybridized carbons (Fsp3) is 0.381. The van der Waals surface area contributed by atoms with Crippen molar-refractivity contribution in [2.24, 2.45) is 0 Å². The molecular formula is C21H24N2O4S. The number of methoxy groups -OCH3 is 1.